The topological polar surface area (TPSA) is 270 Å². The number of hydrogen-bond donors (Lipinski definition) is 6. The van der Waals surface area contributed by atoms with E-state index in [0.717, 1.165) is 10.5 Å². The monoisotopic (exact) mass is 1070 g/mol. The predicted molar refractivity (Wildman–Crippen MR) is 247 cm³/mol. The fourth-order valence-corrected chi connectivity index (χ4v) is 12.2. The summed E-state index contributed by atoms with van der Waals surface area (Å²) in [5.74, 6) is -6.21. The highest BCUT2D eigenvalue weighted by molar-refractivity contribution is 9.14. The summed E-state index contributed by atoms with van der Waals surface area (Å²) in [4.78, 5) is 117. The lowest BCUT2D eigenvalue weighted by molar-refractivity contribution is -0.203. The Labute approximate surface area is 406 Å². The number of alkyl halides is 1. The number of nitrogens with two attached hydrogens (primary N) is 1. The minimum Gasteiger partial charge on any atom is -0.450 e. The summed E-state index contributed by atoms with van der Waals surface area (Å²) in [6.45, 7) is 9.18. The molecule has 11 atom stereocenters. The lowest BCUT2D eigenvalue weighted by atomic mass is 9.45. The van der Waals surface area contributed by atoms with E-state index < -0.39 is 112 Å². The molecule has 7 N–H and O–H groups in total. The van der Waals surface area contributed by atoms with Gasteiger partial charge < -0.3 is 41.6 Å². The molecule has 5 aliphatic rings. The van der Waals surface area contributed by atoms with E-state index >= 15 is 0 Å². The largest absolute Gasteiger partial charge is 0.450 e. The SMILES string of the molecule is CCC(=O)OC1(C(=O)COCNC(=O)[C@H](C)NC(=O)[C@H](C)NC(=O)[C@H](CCCCN)NC(=O)CCN2C(=O)C(Br)=C(Br)C2=O)[C@@H](C)CC2[C@@H]3CCC4=CC(=O)C=C[C@]4(C)[C@@]3(Cl)[C@@H](O)C[C@@]21C. The highest BCUT2D eigenvalue weighted by Crippen LogP contribution is 2.72. The number of carbonyl (C=O) groups excluding carboxylic acids is 9. The zero-order valence-corrected chi connectivity index (χ0v) is 42.0. The van der Waals surface area contributed by atoms with Gasteiger partial charge in [0.1, 0.15) is 40.4 Å². The molecule has 0 aromatic heterocycles. The van der Waals surface area contributed by atoms with E-state index in [9.17, 15) is 48.3 Å². The van der Waals surface area contributed by atoms with E-state index in [1.54, 1.807) is 19.1 Å². The van der Waals surface area contributed by atoms with Gasteiger partial charge in [0, 0.05) is 36.1 Å². The highest BCUT2D eigenvalue weighted by Gasteiger charge is 2.76. The number of esters is 1. The van der Waals surface area contributed by atoms with Crippen molar-refractivity contribution in [3.8, 4) is 0 Å². The number of halogens is 3. The lowest BCUT2D eigenvalue weighted by Gasteiger charge is -2.64. The fraction of sp³-hybridized carbons (Fsp3) is 0.667. The summed E-state index contributed by atoms with van der Waals surface area (Å²) >= 11 is 13.7. The number of nitrogens with zero attached hydrogens (tertiary/aromatic N) is 1. The molecule has 0 aromatic rings. The number of hydrogen-bond acceptors (Lipinski definition) is 13. The summed E-state index contributed by atoms with van der Waals surface area (Å²) in [7, 11) is 0. The molecule has 2 unspecified atom stereocenters. The van der Waals surface area contributed by atoms with Crippen molar-refractivity contribution in [2.75, 3.05) is 26.4 Å². The third-order valence-corrected chi connectivity index (χ3v) is 17.4. The molecule has 364 valence electrons. The van der Waals surface area contributed by atoms with Crippen LogP contribution in [0.25, 0.3) is 0 Å². The van der Waals surface area contributed by atoms with E-state index in [2.05, 4.69) is 53.1 Å². The van der Waals surface area contributed by atoms with Gasteiger partial charge in [-0.05, 0) is 121 Å². The summed E-state index contributed by atoms with van der Waals surface area (Å²) in [6.07, 6.45) is 6.28. The third-order valence-electron chi connectivity index (χ3n) is 14.5. The first-order valence-electron chi connectivity index (χ1n) is 22.4. The summed E-state index contributed by atoms with van der Waals surface area (Å²) < 4.78 is 12.0. The molecule has 0 aromatic carbocycles. The van der Waals surface area contributed by atoms with Crippen LogP contribution in [0.5, 0.6) is 0 Å². The number of rotatable bonds is 20. The molecule has 1 aliphatic heterocycles. The van der Waals surface area contributed by atoms with E-state index in [1.165, 1.54) is 19.9 Å². The first-order chi connectivity index (χ1) is 30.9. The van der Waals surface area contributed by atoms with Crippen LogP contribution in [-0.4, -0.2) is 124 Å². The quantitative estimate of drug-likeness (QED) is 0.0337. The van der Waals surface area contributed by atoms with Crippen molar-refractivity contribution in [3.63, 3.8) is 0 Å². The van der Waals surface area contributed by atoms with Crippen LogP contribution >= 0.6 is 43.5 Å². The van der Waals surface area contributed by atoms with Crippen LogP contribution in [0, 0.1) is 28.6 Å². The Morgan fingerprint density at radius 1 is 0.970 bits per heavy atom. The van der Waals surface area contributed by atoms with Crippen LogP contribution in [0.2, 0.25) is 0 Å². The number of unbranched alkanes of at least 4 members (excludes halogenated alkanes) is 1. The predicted octanol–water partition coefficient (Wildman–Crippen LogP) is 2.61. The van der Waals surface area contributed by atoms with Crippen LogP contribution in [-0.2, 0) is 52.6 Å². The highest BCUT2D eigenvalue weighted by atomic mass is 79.9. The molecule has 3 saturated carbocycles. The van der Waals surface area contributed by atoms with Crippen LogP contribution in [0.4, 0.5) is 0 Å². The van der Waals surface area contributed by atoms with Crippen molar-refractivity contribution in [3.05, 3.63) is 32.8 Å². The second-order valence-corrected chi connectivity index (χ2v) is 20.6. The van der Waals surface area contributed by atoms with Crippen LogP contribution in [0.15, 0.2) is 32.8 Å². The van der Waals surface area contributed by atoms with Gasteiger partial charge >= 0.3 is 5.97 Å². The Balaban J connectivity index is 1.16. The van der Waals surface area contributed by atoms with Crippen LogP contribution in [0.3, 0.4) is 0 Å². The van der Waals surface area contributed by atoms with Crippen molar-refractivity contribution in [1.29, 1.82) is 0 Å². The van der Waals surface area contributed by atoms with Crippen LogP contribution < -0.4 is 27.0 Å². The number of carbonyl (C=O) groups is 9. The second kappa shape index (κ2) is 21.2. The third kappa shape index (κ3) is 9.86. The van der Waals surface area contributed by atoms with Crippen molar-refractivity contribution in [2.45, 2.75) is 134 Å². The minimum atomic E-state index is -1.70. The van der Waals surface area contributed by atoms with Gasteiger partial charge in [0.15, 0.2) is 11.4 Å². The maximum atomic E-state index is 14.5. The normalized spacial score (nSPS) is 31.5. The number of amides is 6. The molecule has 0 radical (unpaired) electrons. The molecule has 4 aliphatic carbocycles. The molecule has 21 heteroatoms. The molecule has 0 spiro atoms. The molecular formula is C45H61Br2ClN6O12. The van der Waals surface area contributed by atoms with E-state index in [-0.39, 0.29) is 58.8 Å². The number of ketones is 2. The van der Waals surface area contributed by atoms with Crippen molar-refractivity contribution in [2.24, 2.45) is 34.3 Å². The van der Waals surface area contributed by atoms with Crippen LogP contribution in [0.1, 0.15) is 99.3 Å². The van der Waals surface area contributed by atoms with E-state index in [4.69, 9.17) is 26.8 Å². The molecule has 5 rings (SSSR count). The van der Waals surface area contributed by atoms with Gasteiger partial charge in [-0.25, -0.2) is 0 Å². The van der Waals surface area contributed by atoms with Gasteiger partial charge in [0.2, 0.25) is 29.4 Å². The van der Waals surface area contributed by atoms with Crippen molar-refractivity contribution in [1.82, 2.24) is 26.2 Å². The Hall–Kier alpha value is -3.82. The van der Waals surface area contributed by atoms with E-state index in [0.29, 0.717) is 38.6 Å². The molecule has 66 heavy (non-hydrogen) atoms. The zero-order chi connectivity index (χ0) is 49.1. The maximum Gasteiger partial charge on any atom is 0.306 e. The molecule has 1 heterocycles. The zero-order valence-electron chi connectivity index (χ0n) is 38.1. The average molecular weight is 1070 g/mol. The van der Waals surface area contributed by atoms with Gasteiger partial charge in [-0.3, -0.25) is 48.1 Å². The Kier molecular flexibility index (Phi) is 17.1. The number of fused-ring (bicyclic) bond motifs is 5. The Morgan fingerprint density at radius 2 is 1.61 bits per heavy atom. The maximum absolute atomic E-state index is 14.5. The second-order valence-electron chi connectivity index (χ2n) is 18.4. The number of ether oxygens (including phenoxy) is 2. The van der Waals surface area contributed by atoms with Gasteiger partial charge in [-0.15, -0.1) is 11.6 Å². The minimum absolute atomic E-state index is 0.00378. The first-order valence-corrected chi connectivity index (χ1v) is 24.3. The summed E-state index contributed by atoms with van der Waals surface area (Å²) in [5, 5.41) is 22.3. The number of imide groups is 1. The van der Waals surface area contributed by atoms with Gasteiger partial charge in [-0.1, -0.05) is 39.3 Å². The van der Waals surface area contributed by atoms with Crippen molar-refractivity contribution >= 4 is 96.4 Å². The smallest absolute Gasteiger partial charge is 0.306 e. The molecule has 6 amide bonds. The number of Topliss-reactive ketones (excluding diaryl/α,β-unsaturated/α-hetero) is 1. The lowest BCUT2D eigenvalue weighted by Crippen LogP contribution is -2.69. The van der Waals surface area contributed by atoms with Gasteiger partial charge in [0.25, 0.3) is 11.8 Å². The number of aliphatic hydroxyl groups excluding tert-OH is 1. The van der Waals surface area contributed by atoms with Gasteiger partial charge in [0.05, 0.1) is 11.0 Å². The van der Waals surface area contributed by atoms with E-state index in [1.807, 2.05) is 20.8 Å². The molecule has 18 nitrogen and oxygen atoms in total. The molecule has 0 bridgehead atoms. The number of aliphatic hydroxyl groups is 1. The molecule has 0 saturated heterocycles. The summed E-state index contributed by atoms with van der Waals surface area (Å²) in [6, 6.07) is -3.36. The molecular weight excluding hydrogens is 1010 g/mol. The Bertz CT molecular complexity index is 2100. The first kappa shape index (κ1) is 53.1. The fourth-order valence-electron chi connectivity index (χ4n) is 10.9. The number of nitrogens with one attached hydrogen (secondary N) is 4. The Morgan fingerprint density at radius 3 is 2.24 bits per heavy atom. The van der Waals surface area contributed by atoms with Gasteiger partial charge in [-0.2, -0.15) is 0 Å². The molecule has 3 fully saturated rings. The average Bonchev–Trinajstić information content (AvgIpc) is 3.59. The standard InChI is InChI=1S/C45H61Br2ClN6O12/c1-7-34(59)66-45(23(2)18-29-28-12-11-26-19-27(55)13-15-42(26,5)44(28,48)31(56)20-43(29,45)6)32(57)21-65-22-50-37(60)24(3)51-38(61)25(4)52-39(62)30(10-8-9-16-49)53-33(58)14-17-54-40(63)35(46)36(47)41(54)64/h13,15,19,23-25,28-31,56H,7-12,14,16-18,20-22,49H2,1-6H3,(H,50,60)(H,51,61)(H,52,62)(H,53,58)/t23-,24-,25-,28-,29?,30-,31-,42-,43-,44-,45?/m0/s1. The van der Waals surface area contributed by atoms with Crippen molar-refractivity contribution < 1.29 is 57.7 Å². The summed E-state index contributed by atoms with van der Waals surface area (Å²) in [5.41, 5.74) is 2.90. The number of allylic oxidation sites excluding steroid dienone is 4.